The Kier molecular flexibility index (Phi) is 3.38. The first-order valence-corrected chi connectivity index (χ1v) is 2.81. The summed E-state index contributed by atoms with van der Waals surface area (Å²) < 4.78 is 35.9. The fraction of sp³-hybridized carbons (Fsp3) is 0.400. The monoisotopic (exact) mass is 201 g/mol. The van der Waals surface area contributed by atoms with Crippen molar-refractivity contribution in [2.45, 2.75) is 12.7 Å². The van der Waals surface area contributed by atoms with E-state index in [9.17, 15) is 13.2 Å². The van der Waals surface area contributed by atoms with E-state index in [1.165, 1.54) is 0 Å². The number of halogens is 4. The van der Waals surface area contributed by atoms with Crippen LogP contribution < -0.4 is 5.73 Å². The summed E-state index contributed by atoms with van der Waals surface area (Å²) in [5.74, 6) is 0.0919. The minimum absolute atomic E-state index is 0. The molecule has 0 atom stereocenters. The number of hydrogen-bond acceptors (Lipinski definition) is 2. The lowest BCUT2D eigenvalue weighted by molar-refractivity contribution is -0.140. The lowest BCUT2D eigenvalue weighted by Crippen LogP contribution is -2.16. The highest BCUT2D eigenvalue weighted by Gasteiger charge is 2.27. The van der Waals surface area contributed by atoms with Crippen LogP contribution in [0.5, 0.6) is 0 Å². The van der Waals surface area contributed by atoms with Gasteiger partial charge in [0, 0.05) is 6.20 Å². The lowest BCUT2D eigenvalue weighted by Gasteiger charge is -2.05. The van der Waals surface area contributed by atoms with Gasteiger partial charge in [0.25, 0.3) is 0 Å². The van der Waals surface area contributed by atoms with Crippen molar-refractivity contribution >= 4 is 18.2 Å². The maximum Gasteiger partial charge on any atom is 0.406 e. The number of anilines is 1. The molecule has 0 saturated carbocycles. The molecule has 0 aliphatic carbocycles. The van der Waals surface area contributed by atoms with Gasteiger partial charge in [0.15, 0.2) is 0 Å². The molecule has 0 bridgehead atoms. The SMILES string of the molecule is Cl.Nc1cn(CC(F)(F)F)cn1. The molecular weight excluding hydrogens is 195 g/mol. The minimum Gasteiger partial charge on any atom is -0.382 e. The van der Waals surface area contributed by atoms with E-state index < -0.39 is 12.7 Å². The third-order valence-corrected chi connectivity index (χ3v) is 1.02. The van der Waals surface area contributed by atoms with E-state index in [1.807, 2.05) is 0 Å². The van der Waals surface area contributed by atoms with E-state index in [1.54, 1.807) is 0 Å². The predicted molar refractivity (Wildman–Crippen MR) is 39.9 cm³/mol. The normalized spacial score (nSPS) is 10.9. The smallest absolute Gasteiger partial charge is 0.382 e. The Morgan fingerprint density at radius 1 is 1.50 bits per heavy atom. The molecule has 0 unspecified atom stereocenters. The van der Waals surface area contributed by atoms with Gasteiger partial charge >= 0.3 is 6.18 Å². The molecule has 0 spiro atoms. The molecule has 1 rings (SSSR count). The molecule has 0 saturated heterocycles. The first-order valence-electron chi connectivity index (χ1n) is 2.81. The van der Waals surface area contributed by atoms with Gasteiger partial charge in [-0.1, -0.05) is 0 Å². The molecule has 2 N–H and O–H groups in total. The van der Waals surface area contributed by atoms with Gasteiger partial charge in [0.05, 0.1) is 6.33 Å². The molecule has 1 aromatic heterocycles. The summed E-state index contributed by atoms with van der Waals surface area (Å²) in [7, 11) is 0. The first-order chi connectivity index (χ1) is 4.97. The van der Waals surface area contributed by atoms with Gasteiger partial charge in [-0.15, -0.1) is 12.4 Å². The van der Waals surface area contributed by atoms with Crippen LogP contribution in [0.2, 0.25) is 0 Å². The van der Waals surface area contributed by atoms with Crippen LogP contribution in [-0.2, 0) is 6.54 Å². The zero-order valence-electron chi connectivity index (χ0n) is 5.88. The summed E-state index contributed by atoms with van der Waals surface area (Å²) in [4.78, 5) is 3.44. The van der Waals surface area contributed by atoms with Crippen LogP contribution in [0.25, 0.3) is 0 Å². The number of imidazole rings is 1. The predicted octanol–water partition coefficient (Wildman–Crippen LogP) is 1.45. The number of alkyl halides is 3. The molecule has 0 amide bonds. The van der Waals surface area contributed by atoms with Crippen molar-refractivity contribution in [2.75, 3.05) is 5.73 Å². The molecule has 12 heavy (non-hydrogen) atoms. The standard InChI is InChI=1S/C5H6F3N3.ClH/c6-5(7,8)2-11-1-4(9)10-3-11;/h1,3H,2,9H2;1H. The molecule has 3 nitrogen and oxygen atoms in total. The van der Waals surface area contributed by atoms with E-state index in [2.05, 4.69) is 4.98 Å². The third kappa shape index (κ3) is 3.47. The Morgan fingerprint density at radius 3 is 2.42 bits per heavy atom. The van der Waals surface area contributed by atoms with Crippen LogP contribution in [-0.4, -0.2) is 15.7 Å². The fourth-order valence-electron chi connectivity index (χ4n) is 0.671. The van der Waals surface area contributed by atoms with Gasteiger partial charge in [0.2, 0.25) is 0 Å². The zero-order chi connectivity index (χ0) is 8.48. The summed E-state index contributed by atoms with van der Waals surface area (Å²) in [5, 5.41) is 0. The number of aromatic nitrogens is 2. The third-order valence-electron chi connectivity index (χ3n) is 1.02. The average molecular weight is 202 g/mol. The van der Waals surface area contributed by atoms with Crippen molar-refractivity contribution in [1.29, 1.82) is 0 Å². The van der Waals surface area contributed by atoms with Crippen molar-refractivity contribution in [1.82, 2.24) is 9.55 Å². The Morgan fingerprint density at radius 2 is 2.08 bits per heavy atom. The molecule has 7 heteroatoms. The van der Waals surface area contributed by atoms with Crippen molar-refractivity contribution in [3.05, 3.63) is 12.5 Å². The average Bonchev–Trinajstić information content (AvgIpc) is 2.10. The summed E-state index contributed by atoms with van der Waals surface area (Å²) in [5.41, 5.74) is 5.10. The van der Waals surface area contributed by atoms with Crippen molar-refractivity contribution in [2.24, 2.45) is 0 Å². The van der Waals surface area contributed by atoms with Crippen LogP contribution in [0.3, 0.4) is 0 Å². The Bertz CT molecular complexity index is 244. The highest BCUT2D eigenvalue weighted by atomic mass is 35.5. The number of nitrogens with two attached hydrogens (primary N) is 1. The van der Waals surface area contributed by atoms with E-state index >= 15 is 0 Å². The van der Waals surface area contributed by atoms with Gasteiger partial charge in [-0.05, 0) is 0 Å². The Labute approximate surface area is 72.8 Å². The summed E-state index contributed by atoms with van der Waals surface area (Å²) in [6.07, 6.45) is -2.04. The highest BCUT2D eigenvalue weighted by Crippen LogP contribution is 2.17. The highest BCUT2D eigenvalue weighted by molar-refractivity contribution is 5.85. The molecule has 0 aliphatic heterocycles. The van der Waals surface area contributed by atoms with Gasteiger partial charge in [-0.3, -0.25) is 0 Å². The number of nitrogens with zero attached hydrogens (tertiary/aromatic N) is 2. The van der Waals surface area contributed by atoms with Gasteiger partial charge < -0.3 is 10.3 Å². The maximum absolute atomic E-state index is 11.7. The van der Waals surface area contributed by atoms with Gasteiger partial charge in [-0.25, -0.2) is 4.98 Å². The Hall–Kier alpha value is -0.910. The molecule has 1 aromatic rings. The molecule has 0 aliphatic rings. The number of nitrogen functional groups attached to an aromatic ring is 1. The van der Waals surface area contributed by atoms with E-state index in [4.69, 9.17) is 5.73 Å². The fourth-order valence-corrected chi connectivity index (χ4v) is 0.671. The van der Waals surface area contributed by atoms with Crippen LogP contribution in [0.4, 0.5) is 19.0 Å². The first kappa shape index (κ1) is 11.1. The molecule has 0 radical (unpaired) electrons. The topological polar surface area (TPSA) is 43.8 Å². The summed E-state index contributed by atoms with van der Waals surface area (Å²) in [6, 6.07) is 0. The van der Waals surface area contributed by atoms with Crippen molar-refractivity contribution < 1.29 is 13.2 Å². The van der Waals surface area contributed by atoms with Crippen LogP contribution in [0.1, 0.15) is 0 Å². The molecule has 70 valence electrons. The Balaban J connectivity index is 0.00000121. The second-order valence-corrected chi connectivity index (χ2v) is 2.09. The molecular formula is C5H7ClF3N3. The second-order valence-electron chi connectivity index (χ2n) is 2.09. The van der Waals surface area contributed by atoms with E-state index in [-0.39, 0.29) is 18.2 Å². The second kappa shape index (κ2) is 3.66. The summed E-state index contributed by atoms with van der Waals surface area (Å²) in [6.45, 7) is -1.04. The largest absolute Gasteiger partial charge is 0.406 e. The van der Waals surface area contributed by atoms with Crippen LogP contribution in [0, 0.1) is 0 Å². The quantitative estimate of drug-likeness (QED) is 0.748. The molecule has 0 aromatic carbocycles. The van der Waals surface area contributed by atoms with Gasteiger partial charge in [0.1, 0.15) is 12.4 Å². The van der Waals surface area contributed by atoms with Gasteiger partial charge in [-0.2, -0.15) is 13.2 Å². The molecule has 0 fully saturated rings. The minimum atomic E-state index is -4.22. The van der Waals surface area contributed by atoms with Crippen molar-refractivity contribution in [3.63, 3.8) is 0 Å². The van der Waals surface area contributed by atoms with Crippen LogP contribution in [0.15, 0.2) is 12.5 Å². The zero-order valence-corrected chi connectivity index (χ0v) is 6.69. The van der Waals surface area contributed by atoms with E-state index in [0.717, 1.165) is 17.1 Å². The van der Waals surface area contributed by atoms with Crippen molar-refractivity contribution in [3.8, 4) is 0 Å². The number of rotatable bonds is 1. The molecule has 1 heterocycles. The van der Waals surface area contributed by atoms with Crippen LogP contribution >= 0.6 is 12.4 Å². The maximum atomic E-state index is 11.7. The number of hydrogen-bond donors (Lipinski definition) is 1. The lowest BCUT2D eigenvalue weighted by atomic mass is 10.6. The summed E-state index contributed by atoms with van der Waals surface area (Å²) >= 11 is 0. The van der Waals surface area contributed by atoms with E-state index in [0.29, 0.717) is 0 Å².